The highest BCUT2D eigenvalue weighted by Crippen LogP contribution is 2.34. The Hall–Kier alpha value is -2.62. The summed E-state index contributed by atoms with van der Waals surface area (Å²) < 4.78 is 0. The predicted octanol–water partition coefficient (Wildman–Crippen LogP) is 3.11. The Morgan fingerprint density at radius 1 is 1.00 bits per heavy atom. The van der Waals surface area contributed by atoms with Gasteiger partial charge < -0.3 is 9.80 Å². The zero-order chi connectivity index (χ0) is 15.5. The standard InChI is InChI=1S/C18H18N2O2/c1-2-18(22)20-12-15-8-4-3-7-14(15)11-19(13-21)16-9-5-6-10-17(16)20/h3-10,13H,2,11-12H2,1H3. The molecule has 0 aliphatic carbocycles. The highest BCUT2D eigenvalue weighted by atomic mass is 16.2. The Morgan fingerprint density at radius 3 is 2.23 bits per heavy atom. The number of carbonyl (C=O) groups is 2. The summed E-state index contributed by atoms with van der Waals surface area (Å²) in [5.74, 6) is 0.0509. The van der Waals surface area contributed by atoms with E-state index in [4.69, 9.17) is 0 Å². The van der Waals surface area contributed by atoms with Gasteiger partial charge in [-0.1, -0.05) is 43.3 Å². The van der Waals surface area contributed by atoms with Crippen LogP contribution in [0.4, 0.5) is 11.4 Å². The molecule has 0 spiro atoms. The quantitative estimate of drug-likeness (QED) is 0.799. The number of hydrogen-bond acceptors (Lipinski definition) is 2. The molecular formula is C18H18N2O2. The number of nitrogens with zero attached hydrogens (tertiary/aromatic N) is 2. The lowest BCUT2D eigenvalue weighted by molar-refractivity contribution is -0.118. The number of anilines is 2. The van der Waals surface area contributed by atoms with Crippen molar-refractivity contribution < 1.29 is 9.59 Å². The van der Waals surface area contributed by atoms with E-state index in [1.54, 1.807) is 9.80 Å². The van der Waals surface area contributed by atoms with E-state index < -0.39 is 0 Å². The summed E-state index contributed by atoms with van der Waals surface area (Å²) in [6.07, 6.45) is 1.26. The highest BCUT2D eigenvalue weighted by Gasteiger charge is 2.24. The van der Waals surface area contributed by atoms with E-state index in [1.807, 2.05) is 55.5 Å². The second-order valence-corrected chi connectivity index (χ2v) is 5.32. The molecule has 2 amide bonds. The average molecular weight is 294 g/mol. The van der Waals surface area contributed by atoms with Crippen LogP contribution >= 0.6 is 0 Å². The van der Waals surface area contributed by atoms with Gasteiger partial charge in [-0.3, -0.25) is 9.59 Å². The third-order valence-electron chi connectivity index (χ3n) is 4.00. The largest absolute Gasteiger partial charge is 0.309 e. The second kappa shape index (κ2) is 6.02. The first-order chi connectivity index (χ1) is 10.7. The zero-order valence-corrected chi connectivity index (χ0v) is 12.5. The molecule has 0 atom stereocenters. The topological polar surface area (TPSA) is 40.6 Å². The number of benzene rings is 2. The van der Waals surface area contributed by atoms with E-state index in [9.17, 15) is 9.59 Å². The smallest absolute Gasteiger partial charge is 0.227 e. The molecule has 0 saturated carbocycles. The maximum atomic E-state index is 12.4. The minimum atomic E-state index is 0.0509. The number of fused-ring (bicyclic) bond motifs is 2. The van der Waals surface area contributed by atoms with E-state index in [1.165, 1.54) is 0 Å². The van der Waals surface area contributed by atoms with Crippen LogP contribution in [-0.2, 0) is 22.7 Å². The third-order valence-corrected chi connectivity index (χ3v) is 4.00. The van der Waals surface area contributed by atoms with Gasteiger partial charge in [-0.15, -0.1) is 0 Å². The molecule has 22 heavy (non-hydrogen) atoms. The summed E-state index contributed by atoms with van der Waals surface area (Å²) in [7, 11) is 0. The first kappa shape index (κ1) is 14.3. The highest BCUT2D eigenvalue weighted by molar-refractivity contribution is 5.98. The molecule has 0 aromatic heterocycles. The molecule has 2 aromatic carbocycles. The molecule has 1 heterocycles. The van der Waals surface area contributed by atoms with Crippen molar-refractivity contribution in [3.05, 3.63) is 59.7 Å². The molecule has 0 fully saturated rings. The van der Waals surface area contributed by atoms with Crippen molar-refractivity contribution in [3.8, 4) is 0 Å². The van der Waals surface area contributed by atoms with Gasteiger partial charge in [-0.2, -0.15) is 0 Å². The van der Waals surface area contributed by atoms with Gasteiger partial charge in [0.25, 0.3) is 0 Å². The van der Waals surface area contributed by atoms with Gasteiger partial charge in [0.1, 0.15) is 0 Å². The van der Waals surface area contributed by atoms with E-state index >= 15 is 0 Å². The van der Waals surface area contributed by atoms with Crippen LogP contribution < -0.4 is 9.80 Å². The fourth-order valence-corrected chi connectivity index (χ4v) is 2.83. The minimum absolute atomic E-state index is 0.0509. The van der Waals surface area contributed by atoms with Crippen molar-refractivity contribution in [1.82, 2.24) is 0 Å². The van der Waals surface area contributed by atoms with Gasteiger partial charge in [0, 0.05) is 6.42 Å². The Morgan fingerprint density at radius 2 is 1.59 bits per heavy atom. The Labute approximate surface area is 130 Å². The summed E-state index contributed by atoms with van der Waals surface area (Å²) in [6.45, 7) is 2.91. The van der Waals surface area contributed by atoms with Crippen molar-refractivity contribution in [1.29, 1.82) is 0 Å². The number of amides is 2. The lowest BCUT2D eigenvalue weighted by atomic mass is 10.0. The maximum Gasteiger partial charge on any atom is 0.227 e. The molecule has 2 aromatic rings. The number of carbonyl (C=O) groups excluding carboxylic acids is 2. The van der Waals surface area contributed by atoms with Gasteiger partial charge in [0.2, 0.25) is 12.3 Å². The molecule has 0 radical (unpaired) electrons. The molecule has 4 heteroatoms. The molecule has 0 unspecified atom stereocenters. The van der Waals surface area contributed by atoms with Crippen LogP contribution in [0.25, 0.3) is 0 Å². The molecule has 1 aliphatic rings. The van der Waals surface area contributed by atoms with Gasteiger partial charge >= 0.3 is 0 Å². The van der Waals surface area contributed by atoms with Crippen molar-refractivity contribution in [2.75, 3.05) is 9.80 Å². The lowest BCUT2D eigenvalue weighted by Gasteiger charge is -2.32. The molecule has 1 aliphatic heterocycles. The van der Waals surface area contributed by atoms with Crippen LogP contribution in [0.1, 0.15) is 24.5 Å². The van der Waals surface area contributed by atoms with Crippen LogP contribution in [0, 0.1) is 0 Å². The van der Waals surface area contributed by atoms with Crippen molar-refractivity contribution in [3.63, 3.8) is 0 Å². The average Bonchev–Trinajstić information content (AvgIpc) is 2.56. The van der Waals surface area contributed by atoms with Crippen LogP contribution in [0.15, 0.2) is 48.5 Å². The minimum Gasteiger partial charge on any atom is -0.309 e. The predicted molar refractivity (Wildman–Crippen MR) is 86.6 cm³/mol. The van der Waals surface area contributed by atoms with E-state index in [2.05, 4.69) is 0 Å². The number of rotatable bonds is 2. The molecule has 112 valence electrons. The van der Waals surface area contributed by atoms with Crippen LogP contribution in [0.5, 0.6) is 0 Å². The summed E-state index contributed by atoms with van der Waals surface area (Å²) >= 11 is 0. The van der Waals surface area contributed by atoms with E-state index in [0.717, 1.165) is 28.9 Å². The van der Waals surface area contributed by atoms with Crippen molar-refractivity contribution in [2.24, 2.45) is 0 Å². The fraction of sp³-hybridized carbons (Fsp3) is 0.222. The van der Waals surface area contributed by atoms with Crippen LogP contribution in [0.3, 0.4) is 0 Å². The molecule has 4 nitrogen and oxygen atoms in total. The summed E-state index contributed by atoms with van der Waals surface area (Å²) in [4.78, 5) is 27.4. The fourth-order valence-electron chi connectivity index (χ4n) is 2.83. The summed E-state index contributed by atoms with van der Waals surface area (Å²) in [6, 6.07) is 15.5. The van der Waals surface area contributed by atoms with Gasteiger partial charge in [0.05, 0.1) is 24.5 Å². The van der Waals surface area contributed by atoms with Crippen LogP contribution in [0.2, 0.25) is 0 Å². The summed E-state index contributed by atoms with van der Waals surface area (Å²) in [5, 5.41) is 0. The first-order valence-electron chi connectivity index (χ1n) is 7.42. The van der Waals surface area contributed by atoms with Gasteiger partial charge in [-0.05, 0) is 23.3 Å². The Kier molecular flexibility index (Phi) is 3.92. The molecule has 3 rings (SSSR count). The Balaban J connectivity index is 2.17. The molecule has 0 saturated heterocycles. The van der Waals surface area contributed by atoms with E-state index in [-0.39, 0.29) is 5.91 Å². The van der Waals surface area contributed by atoms with Gasteiger partial charge in [-0.25, -0.2) is 0 Å². The third kappa shape index (κ3) is 2.48. The second-order valence-electron chi connectivity index (χ2n) is 5.32. The van der Waals surface area contributed by atoms with Crippen molar-refractivity contribution in [2.45, 2.75) is 26.4 Å². The maximum absolute atomic E-state index is 12.4. The number of para-hydroxylation sites is 2. The Bertz CT molecular complexity index is 712. The van der Waals surface area contributed by atoms with E-state index in [0.29, 0.717) is 19.5 Å². The van der Waals surface area contributed by atoms with Gasteiger partial charge in [0.15, 0.2) is 0 Å². The first-order valence-corrected chi connectivity index (χ1v) is 7.42. The summed E-state index contributed by atoms with van der Waals surface area (Å²) in [5.41, 5.74) is 3.70. The zero-order valence-electron chi connectivity index (χ0n) is 12.5. The van der Waals surface area contributed by atoms with Crippen molar-refractivity contribution >= 4 is 23.7 Å². The number of hydrogen-bond donors (Lipinski definition) is 0. The lowest BCUT2D eigenvalue weighted by Crippen LogP contribution is -2.34. The molecule has 0 bridgehead atoms. The molecular weight excluding hydrogens is 276 g/mol. The SMILES string of the molecule is CCC(=O)N1Cc2ccccc2CN(C=O)c2ccccc21. The van der Waals surface area contributed by atoms with Crippen LogP contribution in [-0.4, -0.2) is 12.3 Å². The normalized spacial score (nSPS) is 13.7. The molecule has 0 N–H and O–H groups in total. The monoisotopic (exact) mass is 294 g/mol.